The SMILES string of the molecule is O=C(O)/C(=N\ON1CCCCC1=O)c1csc(NC(c2ccccc2)(c2ccccc2)c2ccccc2)n1. The second-order valence-electron chi connectivity index (χ2n) is 8.79. The summed E-state index contributed by atoms with van der Waals surface area (Å²) in [7, 11) is 0. The third-order valence-corrected chi connectivity index (χ3v) is 7.13. The number of hydroxylamine groups is 2. The predicted molar refractivity (Wildman–Crippen MR) is 146 cm³/mol. The van der Waals surface area contributed by atoms with Crippen molar-refractivity contribution in [3.8, 4) is 0 Å². The van der Waals surface area contributed by atoms with Crippen molar-refractivity contribution < 1.29 is 19.6 Å². The van der Waals surface area contributed by atoms with E-state index >= 15 is 0 Å². The maximum absolute atomic E-state index is 12.0. The Bertz CT molecular complexity index is 1330. The Morgan fingerprint density at radius 1 is 0.921 bits per heavy atom. The summed E-state index contributed by atoms with van der Waals surface area (Å²) in [6.45, 7) is 0.368. The number of carboxylic acid groups (broad SMARTS) is 1. The zero-order valence-corrected chi connectivity index (χ0v) is 21.3. The molecule has 1 saturated heterocycles. The van der Waals surface area contributed by atoms with Crippen LogP contribution in [-0.4, -0.2) is 39.3 Å². The van der Waals surface area contributed by atoms with Crippen LogP contribution in [0.5, 0.6) is 0 Å². The topological polar surface area (TPSA) is 104 Å². The van der Waals surface area contributed by atoms with Crippen molar-refractivity contribution in [2.45, 2.75) is 24.8 Å². The number of anilines is 1. The lowest BCUT2D eigenvalue weighted by Gasteiger charge is -2.36. The Morgan fingerprint density at radius 2 is 1.47 bits per heavy atom. The maximum Gasteiger partial charge on any atom is 0.360 e. The van der Waals surface area contributed by atoms with Crippen LogP contribution in [0.4, 0.5) is 5.13 Å². The molecule has 5 rings (SSSR count). The lowest BCUT2D eigenvalue weighted by Crippen LogP contribution is -2.38. The van der Waals surface area contributed by atoms with Gasteiger partial charge in [0.15, 0.2) is 5.13 Å². The van der Waals surface area contributed by atoms with Gasteiger partial charge in [-0.2, -0.15) is 0 Å². The molecule has 0 atom stereocenters. The number of aromatic nitrogens is 1. The second kappa shape index (κ2) is 11.3. The lowest BCUT2D eigenvalue weighted by molar-refractivity contribution is -0.191. The fraction of sp³-hybridized carbons (Fsp3) is 0.172. The number of piperidine rings is 1. The van der Waals surface area contributed by atoms with Crippen molar-refractivity contribution in [1.29, 1.82) is 0 Å². The molecule has 2 N–H and O–H groups in total. The number of oxime groups is 1. The summed E-state index contributed by atoms with van der Waals surface area (Å²) in [5, 5.41) is 20.5. The van der Waals surface area contributed by atoms with Gasteiger partial charge < -0.3 is 10.4 Å². The number of aliphatic carboxylic acids is 1. The minimum absolute atomic E-state index is 0.137. The van der Waals surface area contributed by atoms with E-state index < -0.39 is 11.5 Å². The van der Waals surface area contributed by atoms with Crippen LogP contribution < -0.4 is 5.32 Å². The van der Waals surface area contributed by atoms with Crippen molar-refractivity contribution >= 4 is 34.1 Å². The number of benzene rings is 3. The number of carbonyl (C=O) groups is 2. The molecule has 1 aromatic heterocycles. The van der Waals surface area contributed by atoms with Crippen molar-refractivity contribution in [2.75, 3.05) is 11.9 Å². The summed E-state index contributed by atoms with van der Waals surface area (Å²) in [5.74, 6) is -1.52. The molecule has 0 radical (unpaired) electrons. The Hall–Kier alpha value is -4.50. The van der Waals surface area contributed by atoms with Gasteiger partial charge in [-0.3, -0.25) is 9.73 Å². The monoisotopic (exact) mass is 526 g/mol. The van der Waals surface area contributed by atoms with Crippen molar-refractivity contribution in [1.82, 2.24) is 10.0 Å². The molecule has 0 aliphatic carbocycles. The largest absolute Gasteiger partial charge is 0.476 e. The minimum atomic E-state index is -1.30. The standard InChI is InChI=1S/C29H26N4O4S/c34-25-18-10-11-19-33(25)37-32-26(27(35)36)24-20-38-28(30-24)31-29(21-12-4-1-5-13-21,22-14-6-2-7-15-22)23-16-8-3-9-17-23/h1-9,12-17,20H,10-11,18-19H2,(H,30,31)(H,35,36)/b32-26-. The smallest absolute Gasteiger partial charge is 0.360 e. The number of hydrogen-bond donors (Lipinski definition) is 2. The van der Waals surface area contributed by atoms with E-state index in [1.165, 1.54) is 11.3 Å². The van der Waals surface area contributed by atoms with Gasteiger partial charge in [-0.1, -0.05) is 91.0 Å². The molecule has 0 saturated carbocycles. The summed E-state index contributed by atoms with van der Waals surface area (Å²) < 4.78 is 0. The molecule has 38 heavy (non-hydrogen) atoms. The first-order valence-corrected chi connectivity index (χ1v) is 13.2. The normalized spacial score (nSPS) is 14.3. The van der Waals surface area contributed by atoms with Crippen LogP contribution in [0.15, 0.2) is 102 Å². The fourth-order valence-electron chi connectivity index (χ4n) is 4.53. The third kappa shape index (κ3) is 5.14. The molecular weight excluding hydrogens is 500 g/mol. The average Bonchev–Trinajstić information content (AvgIpc) is 3.42. The van der Waals surface area contributed by atoms with Gasteiger partial charge in [0.2, 0.25) is 5.71 Å². The number of amides is 1. The van der Waals surface area contributed by atoms with E-state index in [0.717, 1.165) is 34.6 Å². The van der Waals surface area contributed by atoms with Crippen molar-refractivity contribution in [2.24, 2.45) is 5.16 Å². The van der Waals surface area contributed by atoms with Gasteiger partial charge in [0.05, 0.1) is 6.54 Å². The molecule has 192 valence electrons. The predicted octanol–water partition coefficient (Wildman–Crippen LogP) is 5.28. The summed E-state index contributed by atoms with van der Waals surface area (Å²) in [6, 6.07) is 30.1. The van der Waals surface area contributed by atoms with E-state index in [-0.39, 0.29) is 17.3 Å². The van der Waals surface area contributed by atoms with E-state index in [4.69, 9.17) is 4.94 Å². The number of thiazole rings is 1. The molecule has 0 unspecified atom stereocenters. The third-order valence-electron chi connectivity index (χ3n) is 6.37. The maximum atomic E-state index is 12.0. The number of rotatable bonds is 9. The van der Waals surface area contributed by atoms with Gasteiger partial charge in [-0.25, -0.2) is 9.78 Å². The molecule has 8 nitrogen and oxygen atoms in total. The first-order chi connectivity index (χ1) is 18.6. The van der Waals surface area contributed by atoms with Crippen molar-refractivity contribution in [3.05, 3.63) is 119 Å². The van der Waals surface area contributed by atoms with E-state index in [1.807, 2.05) is 54.6 Å². The zero-order valence-electron chi connectivity index (χ0n) is 20.5. The van der Waals surface area contributed by atoms with E-state index in [1.54, 1.807) is 5.38 Å². The number of hydrogen-bond acceptors (Lipinski definition) is 7. The Kier molecular flexibility index (Phi) is 7.46. The fourth-order valence-corrected chi connectivity index (χ4v) is 5.28. The molecular formula is C29H26N4O4S. The van der Waals surface area contributed by atoms with Gasteiger partial charge in [-0.05, 0) is 34.7 Å². The lowest BCUT2D eigenvalue weighted by atomic mass is 9.77. The first kappa shape index (κ1) is 25.2. The summed E-state index contributed by atoms with van der Waals surface area (Å²) >= 11 is 1.27. The molecule has 9 heteroatoms. The molecule has 1 amide bonds. The van der Waals surface area contributed by atoms with Gasteiger partial charge in [0.1, 0.15) is 11.2 Å². The quantitative estimate of drug-likeness (QED) is 0.175. The Morgan fingerprint density at radius 3 is 1.97 bits per heavy atom. The summed E-state index contributed by atoms with van der Waals surface area (Å²) in [5.41, 5.74) is 1.93. The van der Waals surface area contributed by atoms with Gasteiger partial charge in [0.25, 0.3) is 5.91 Å². The Labute approximate surface area is 224 Å². The molecule has 0 spiro atoms. The highest BCUT2D eigenvalue weighted by Gasteiger charge is 2.37. The van der Waals surface area contributed by atoms with Crippen LogP contribution in [0.2, 0.25) is 0 Å². The molecule has 1 fully saturated rings. The van der Waals surface area contributed by atoms with Gasteiger partial charge >= 0.3 is 5.97 Å². The van der Waals surface area contributed by atoms with Crippen LogP contribution >= 0.6 is 11.3 Å². The number of nitrogens with zero attached hydrogens (tertiary/aromatic N) is 3. The van der Waals surface area contributed by atoms with Gasteiger partial charge in [-0.15, -0.1) is 16.4 Å². The number of carboxylic acids is 1. The second-order valence-corrected chi connectivity index (χ2v) is 9.65. The van der Waals surface area contributed by atoms with Crippen LogP contribution in [0, 0.1) is 0 Å². The number of nitrogens with one attached hydrogen (secondary N) is 1. The summed E-state index contributed by atoms with van der Waals surface area (Å²) in [4.78, 5) is 33.9. The van der Waals surface area contributed by atoms with Crippen LogP contribution in [-0.2, 0) is 20.1 Å². The molecule has 4 aromatic rings. The Balaban J connectivity index is 1.55. The van der Waals surface area contributed by atoms with Crippen LogP contribution in [0.1, 0.15) is 41.6 Å². The average molecular weight is 527 g/mol. The zero-order chi connectivity index (χ0) is 26.4. The van der Waals surface area contributed by atoms with Crippen LogP contribution in [0.3, 0.4) is 0 Å². The molecule has 3 aromatic carbocycles. The summed E-state index contributed by atoms with van der Waals surface area (Å²) in [6.07, 6.45) is 1.90. The molecule has 1 aliphatic heterocycles. The molecule has 2 heterocycles. The highest BCUT2D eigenvalue weighted by molar-refractivity contribution is 7.14. The van der Waals surface area contributed by atoms with E-state index in [2.05, 4.69) is 51.9 Å². The minimum Gasteiger partial charge on any atom is -0.476 e. The van der Waals surface area contributed by atoms with E-state index in [9.17, 15) is 14.7 Å². The molecule has 0 bridgehead atoms. The van der Waals surface area contributed by atoms with E-state index in [0.29, 0.717) is 18.1 Å². The first-order valence-electron chi connectivity index (χ1n) is 12.3. The highest BCUT2D eigenvalue weighted by atomic mass is 32.1. The van der Waals surface area contributed by atoms with Gasteiger partial charge in [0, 0.05) is 11.8 Å². The molecule has 1 aliphatic rings. The highest BCUT2D eigenvalue weighted by Crippen LogP contribution is 2.40. The van der Waals surface area contributed by atoms with Crippen molar-refractivity contribution in [3.63, 3.8) is 0 Å². The number of carbonyl (C=O) groups excluding carboxylic acids is 1. The van der Waals surface area contributed by atoms with Crippen LogP contribution in [0.25, 0.3) is 0 Å².